The number of rotatable bonds is 7. The van der Waals surface area contributed by atoms with Gasteiger partial charge in [-0.1, -0.05) is 18.9 Å². The van der Waals surface area contributed by atoms with Gasteiger partial charge in [-0.05, 0) is 30.9 Å². The zero-order valence-corrected chi connectivity index (χ0v) is 10.7. The summed E-state index contributed by atoms with van der Waals surface area (Å²) in [6.07, 6.45) is 6.95. The first-order valence-electron chi connectivity index (χ1n) is 6.18. The van der Waals surface area contributed by atoms with E-state index in [-0.39, 0.29) is 5.97 Å². The van der Waals surface area contributed by atoms with E-state index in [0.717, 1.165) is 37.7 Å². The molecule has 4 heteroatoms. The van der Waals surface area contributed by atoms with Crippen molar-refractivity contribution < 1.29 is 9.53 Å². The van der Waals surface area contributed by atoms with Gasteiger partial charge < -0.3 is 4.74 Å². The lowest BCUT2D eigenvalue weighted by Crippen LogP contribution is -1.99. The Morgan fingerprint density at radius 3 is 2.89 bits per heavy atom. The van der Waals surface area contributed by atoms with Crippen LogP contribution < -0.4 is 0 Å². The van der Waals surface area contributed by atoms with E-state index < -0.39 is 0 Å². The van der Waals surface area contributed by atoms with Crippen molar-refractivity contribution in [3.8, 4) is 6.07 Å². The molecule has 0 saturated heterocycles. The van der Waals surface area contributed by atoms with Crippen LogP contribution in [-0.2, 0) is 16.0 Å². The summed E-state index contributed by atoms with van der Waals surface area (Å²) in [6, 6.07) is 5.90. The van der Waals surface area contributed by atoms with Gasteiger partial charge in [0.2, 0.25) is 0 Å². The molecule has 18 heavy (non-hydrogen) atoms. The summed E-state index contributed by atoms with van der Waals surface area (Å²) in [7, 11) is 1.41. The van der Waals surface area contributed by atoms with Crippen molar-refractivity contribution in [3.05, 3.63) is 29.6 Å². The van der Waals surface area contributed by atoms with Crippen molar-refractivity contribution in [1.82, 2.24) is 4.98 Å². The summed E-state index contributed by atoms with van der Waals surface area (Å²) in [4.78, 5) is 14.9. The molecular formula is C14H18N2O2. The Morgan fingerprint density at radius 1 is 1.39 bits per heavy atom. The van der Waals surface area contributed by atoms with Gasteiger partial charge in [0.25, 0.3) is 0 Å². The van der Waals surface area contributed by atoms with Crippen LogP contribution in [0, 0.1) is 11.3 Å². The SMILES string of the molecule is COC(=O)CCCCCCc1cccnc1C#N. The lowest BCUT2D eigenvalue weighted by atomic mass is 10.0. The average Bonchev–Trinajstić information content (AvgIpc) is 2.42. The van der Waals surface area contributed by atoms with Gasteiger partial charge in [-0.2, -0.15) is 5.26 Å². The fraction of sp³-hybridized carbons (Fsp3) is 0.500. The molecule has 0 fully saturated rings. The Bertz CT molecular complexity index is 424. The first kappa shape index (κ1) is 14.2. The molecule has 0 N–H and O–H groups in total. The molecule has 0 radical (unpaired) electrons. The zero-order chi connectivity index (χ0) is 13.2. The number of aromatic nitrogens is 1. The minimum atomic E-state index is -0.144. The van der Waals surface area contributed by atoms with Crippen LogP contribution in [0.3, 0.4) is 0 Å². The molecule has 0 unspecified atom stereocenters. The summed E-state index contributed by atoms with van der Waals surface area (Å²) in [6.45, 7) is 0. The van der Waals surface area contributed by atoms with E-state index in [9.17, 15) is 4.79 Å². The number of unbranched alkanes of at least 4 members (excludes halogenated alkanes) is 3. The van der Waals surface area contributed by atoms with Crippen LogP contribution in [0.15, 0.2) is 18.3 Å². The molecule has 1 rings (SSSR count). The maximum Gasteiger partial charge on any atom is 0.305 e. The van der Waals surface area contributed by atoms with Gasteiger partial charge >= 0.3 is 5.97 Å². The second-order valence-electron chi connectivity index (χ2n) is 4.11. The number of nitriles is 1. The Labute approximate surface area is 108 Å². The van der Waals surface area contributed by atoms with Crippen molar-refractivity contribution in [2.75, 3.05) is 7.11 Å². The first-order chi connectivity index (χ1) is 8.77. The molecule has 1 heterocycles. The third kappa shape index (κ3) is 4.96. The molecular weight excluding hydrogens is 228 g/mol. The molecule has 0 bridgehead atoms. The van der Waals surface area contributed by atoms with Crippen LogP contribution in [0.1, 0.15) is 43.4 Å². The monoisotopic (exact) mass is 246 g/mol. The standard InChI is InChI=1S/C14H18N2O2/c1-18-14(17)9-5-3-2-4-7-12-8-6-10-16-13(12)11-15/h6,8,10H,2-5,7,9H2,1H3. The minimum absolute atomic E-state index is 0.144. The van der Waals surface area contributed by atoms with E-state index in [1.54, 1.807) is 6.20 Å². The number of carbonyl (C=O) groups excluding carboxylic acids is 1. The number of esters is 1. The third-order valence-electron chi connectivity index (χ3n) is 2.80. The number of pyridine rings is 1. The number of aryl methyl sites for hydroxylation is 1. The van der Waals surface area contributed by atoms with E-state index in [1.807, 2.05) is 12.1 Å². The fourth-order valence-electron chi connectivity index (χ4n) is 1.78. The quantitative estimate of drug-likeness (QED) is 0.548. The second kappa shape index (κ2) is 8.24. The summed E-state index contributed by atoms with van der Waals surface area (Å²) in [5.74, 6) is -0.144. The van der Waals surface area contributed by atoms with Gasteiger partial charge in [0, 0.05) is 12.6 Å². The number of methoxy groups -OCH3 is 1. The van der Waals surface area contributed by atoms with E-state index in [2.05, 4.69) is 15.8 Å². The molecule has 0 saturated carbocycles. The van der Waals surface area contributed by atoms with Gasteiger partial charge in [0.1, 0.15) is 11.8 Å². The topological polar surface area (TPSA) is 63.0 Å². The molecule has 0 spiro atoms. The second-order valence-corrected chi connectivity index (χ2v) is 4.11. The third-order valence-corrected chi connectivity index (χ3v) is 2.80. The Kier molecular flexibility index (Phi) is 6.49. The van der Waals surface area contributed by atoms with Gasteiger partial charge in [-0.25, -0.2) is 4.98 Å². The van der Waals surface area contributed by atoms with E-state index in [4.69, 9.17) is 5.26 Å². The normalized spacial score (nSPS) is 9.78. The van der Waals surface area contributed by atoms with Gasteiger partial charge in [0.15, 0.2) is 0 Å². The summed E-state index contributed by atoms with van der Waals surface area (Å²) >= 11 is 0. The fourth-order valence-corrected chi connectivity index (χ4v) is 1.78. The molecule has 0 aliphatic carbocycles. The van der Waals surface area contributed by atoms with Crippen LogP contribution in [0.5, 0.6) is 0 Å². The van der Waals surface area contributed by atoms with Crippen LogP contribution in [-0.4, -0.2) is 18.1 Å². The van der Waals surface area contributed by atoms with Crippen LogP contribution in [0.2, 0.25) is 0 Å². The number of carbonyl (C=O) groups is 1. The average molecular weight is 246 g/mol. The van der Waals surface area contributed by atoms with E-state index >= 15 is 0 Å². The summed E-state index contributed by atoms with van der Waals surface area (Å²) in [5, 5.41) is 8.88. The smallest absolute Gasteiger partial charge is 0.305 e. The maximum absolute atomic E-state index is 10.9. The van der Waals surface area contributed by atoms with Crippen molar-refractivity contribution >= 4 is 5.97 Å². The highest BCUT2D eigenvalue weighted by Crippen LogP contribution is 2.11. The maximum atomic E-state index is 10.9. The minimum Gasteiger partial charge on any atom is -0.469 e. The molecule has 0 aliphatic rings. The molecule has 0 atom stereocenters. The number of ether oxygens (including phenoxy) is 1. The lowest BCUT2D eigenvalue weighted by Gasteiger charge is -2.03. The highest BCUT2D eigenvalue weighted by atomic mass is 16.5. The predicted molar refractivity (Wildman–Crippen MR) is 67.8 cm³/mol. The Morgan fingerprint density at radius 2 is 2.17 bits per heavy atom. The lowest BCUT2D eigenvalue weighted by molar-refractivity contribution is -0.140. The van der Waals surface area contributed by atoms with Crippen molar-refractivity contribution in [2.45, 2.75) is 38.5 Å². The molecule has 1 aromatic heterocycles. The Balaban J connectivity index is 2.18. The van der Waals surface area contributed by atoms with Gasteiger partial charge in [0.05, 0.1) is 7.11 Å². The molecule has 0 aliphatic heterocycles. The number of hydrogen-bond acceptors (Lipinski definition) is 4. The molecule has 4 nitrogen and oxygen atoms in total. The Hall–Kier alpha value is -1.89. The van der Waals surface area contributed by atoms with Gasteiger partial charge in [-0.3, -0.25) is 4.79 Å². The largest absolute Gasteiger partial charge is 0.469 e. The molecule has 96 valence electrons. The van der Waals surface area contributed by atoms with Crippen LogP contribution in [0.25, 0.3) is 0 Å². The summed E-state index contributed by atoms with van der Waals surface area (Å²) < 4.78 is 4.57. The predicted octanol–water partition coefficient (Wildman–Crippen LogP) is 2.62. The molecule has 1 aromatic rings. The first-order valence-corrected chi connectivity index (χ1v) is 6.18. The van der Waals surface area contributed by atoms with Gasteiger partial charge in [-0.15, -0.1) is 0 Å². The zero-order valence-electron chi connectivity index (χ0n) is 10.7. The van der Waals surface area contributed by atoms with Crippen molar-refractivity contribution in [1.29, 1.82) is 5.26 Å². The summed E-state index contributed by atoms with van der Waals surface area (Å²) in [5.41, 5.74) is 1.53. The van der Waals surface area contributed by atoms with E-state index in [0.29, 0.717) is 12.1 Å². The highest BCUT2D eigenvalue weighted by Gasteiger charge is 2.02. The van der Waals surface area contributed by atoms with Crippen LogP contribution in [0.4, 0.5) is 0 Å². The van der Waals surface area contributed by atoms with E-state index in [1.165, 1.54) is 7.11 Å². The number of nitrogens with zero attached hydrogens (tertiary/aromatic N) is 2. The van der Waals surface area contributed by atoms with Crippen molar-refractivity contribution in [2.24, 2.45) is 0 Å². The highest BCUT2D eigenvalue weighted by molar-refractivity contribution is 5.68. The molecule has 0 amide bonds. The molecule has 0 aromatic carbocycles. The van der Waals surface area contributed by atoms with Crippen molar-refractivity contribution in [3.63, 3.8) is 0 Å². The van der Waals surface area contributed by atoms with Crippen LogP contribution >= 0.6 is 0 Å². The number of hydrogen-bond donors (Lipinski definition) is 0.